The molecule has 1 fully saturated rings. The van der Waals surface area contributed by atoms with Crippen molar-refractivity contribution in [3.8, 4) is 6.07 Å². The lowest BCUT2D eigenvalue weighted by atomic mass is 10.1. The molecule has 1 aromatic heterocycles. The zero-order valence-corrected chi connectivity index (χ0v) is 11.9. The number of hydrogen-bond donors (Lipinski definition) is 0. The first-order valence-electron chi connectivity index (χ1n) is 7.17. The Morgan fingerprint density at radius 1 is 1.33 bits per heavy atom. The summed E-state index contributed by atoms with van der Waals surface area (Å²) in [5, 5.41) is 9.30. The van der Waals surface area contributed by atoms with E-state index < -0.39 is 5.43 Å². The van der Waals surface area contributed by atoms with Gasteiger partial charge in [0.2, 0.25) is 5.43 Å². The van der Waals surface area contributed by atoms with Gasteiger partial charge < -0.3 is 9.47 Å². The molecule has 4 nitrogen and oxygen atoms in total. The number of benzene rings is 1. The highest BCUT2D eigenvalue weighted by atomic mass is 19.1. The third-order valence-corrected chi connectivity index (χ3v) is 4.06. The van der Waals surface area contributed by atoms with Gasteiger partial charge in [-0.25, -0.2) is 4.39 Å². The van der Waals surface area contributed by atoms with Crippen molar-refractivity contribution in [1.82, 2.24) is 4.57 Å². The van der Waals surface area contributed by atoms with Gasteiger partial charge in [-0.15, -0.1) is 0 Å². The van der Waals surface area contributed by atoms with Crippen LogP contribution in [0.2, 0.25) is 0 Å². The van der Waals surface area contributed by atoms with E-state index in [1.54, 1.807) is 12.3 Å². The summed E-state index contributed by atoms with van der Waals surface area (Å²) in [5.41, 5.74) is 0.887. The number of pyridine rings is 1. The van der Waals surface area contributed by atoms with Crippen LogP contribution in [0, 0.1) is 17.1 Å². The summed E-state index contributed by atoms with van der Waals surface area (Å²) in [5.74, 6) is -0.390. The van der Waals surface area contributed by atoms with E-state index in [-0.39, 0.29) is 16.8 Å². The minimum atomic E-state index is -0.399. The van der Waals surface area contributed by atoms with Crippen LogP contribution in [0.25, 0.3) is 10.9 Å². The maximum Gasteiger partial charge on any atom is 0.207 e. The Balaban J connectivity index is 2.30. The van der Waals surface area contributed by atoms with Crippen LogP contribution in [0.5, 0.6) is 0 Å². The minimum Gasteiger partial charge on any atom is -0.369 e. The standard InChI is InChI=1S/C16H16FN3O/c1-2-19-10-11(9-18)16(21)12-7-13(17)15(8-14(12)19)20-5-3-4-6-20/h7-8,10H,2-6H2,1H3. The molecule has 2 aromatic rings. The number of aryl methyl sites for hydroxylation is 1. The molecule has 0 saturated carbocycles. The van der Waals surface area contributed by atoms with Gasteiger partial charge in [-0.05, 0) is 31.9 Å². The molecule has 108 valence electrons. The van der Waals surface area contributed by atoms with Crippen LogP contribution in [0.3, 0.4) is 0 Å². The van der Waals surface area contributed by atoms with Crippen LogP contribution in [0.1, 0.15) is 25.3 Å². The molecule has 0 N–H and O–H groups in total. The number of nitrogens with zero attached hydrogens (tertiary/aromatic N) is 3. The van der Waals surface area contributed by atoms with E-state index in [4.69, 9.17) is 5.26 Å². The van der Waals surface area contributed by atoms with Crippen LogP contribution < -0.4 is 10.3 Å². The Hall–Kier alpha value is -2.35. The van der Waals surface area contributed by atoms with E-state index >= 15 is 0 Å². The number of fused-ring (bicyclic) bond motifs is 1. The molecule has 0 atom stereocenters. The SMILES string of the molecule is CCn1cc(C#N)c(=O)c2cc(F)c(N3CCCC3)cc21. The smallest absolute Gasteiger partial charge is 0.207 e. The highest BCUT2D eigenvalue weighted by Gasteiger charge is 2.19. The number of hydrogen-bond acceptors (Lipinski definition) is 3. The zero-order chi connectivity index (χ0) is 15.0. The molecule has 0 unspecified atom stereocenters. The van der Waals surface area contributed by atoms with Crippen LogP contribution >= 0.6 is 0 Å². The number of halogens is 1. The Morgan fingerprint density at radius 2 is 2.05 bits per heavy atom. The Kier molecular flexibility index (Phi) is 3.38. The maximum atomic E-state index is 14.4. The van der Waals surface area contributed by atoms with Gasteiger partial charge in [0.05, 0.1) is 16.6 Å². The lowest BCUT2D eigenvalue weighted by Crippen LogP contribution is -2.20. The van der Waals surface area contributed by atoms with Crippen molar-refractivity contribution in [2.24, 2.45) is 0 Å². The molecule has 0 spiro atoms. The van der Waals surface area contributed by atoms with Crippen molar-refractivity contribution in [2.75, 3.05) is 18.0 Å². The fourth-order valence-electron chi connectivity index (χ4n) is 2.94. The van der Waals surface area contributed by atoms with E-state index in [0.29, 0.717) is 17.7 Å². The lowest BCUT2D eigenvalue weighted by molar-refractivity contribution is 0.624. The van der Waals surface area contributed by atoms with Gasteiger partial charge in [-0.2, -0.15) is 5.26 Å². The fourth-order valence-corrected chi connectivity index (χ4v) is 2.94. The second-order valence-electron chi connectivity index (χ2n) is 5.28. The summed E-state index contributed by atoms with van der Waals surface area (Å²) in [4.78, 5) is 14.2. The summed E-state index contributed by atoms with van der Waals surface area (Å²) >= 11 is 0. The van der Waals surface area contributed by atoms with Crippen molar-refractivity contribution in [1.29, 1.82) is 5.26 Å². The molecule has 1 aliphatic rings. The molecule has 5 heteroatoms. The van der Waals surface area contributed by atoms with Gasteiger partial charge >= 0.3 is 0 Å². The number of aromatic nitrogens is 1. The van der Waals surface area contributed by atoms with Crippen LogP contribution in [-0.4, -0.2) is 17.7 Å². The molecule has 0 aliphatic carbocycles. The molecule has 0 bridgehead atoms. The van der Waals surface area contributed by atoms with Crippen molar-refractivity contribution in [2.45, 2.75) is 26.3 Å². The number of anilines is 1. The zero-order valence-electron chi connectivity index (χ0n) is 11.9. The number of rotatable bonds is 2. The van der Waals surface area contributed by atoms with E-state index in [1.165, 1.54) is 6.07 Å². The third kappa shape index (κ3) is 2.17. The molecule has 1 aliphatic heterocycles. The van der Waals surface area contributed by atoms with Gasteiger partial charge in [0.25, 0.3) is 0 Å². The average molecular weight is 285 g/mol. The number of nitriles is 1. The van der Waals surface area contributed by atoms with E-state index in [0.717, 1.165) is 25.9 Å². The molecule has 21 heavy (non-hydrogen) atoms. The van der Waals surface area contributed by atoms with Gasteiger partial charge in [-0.1, -0.05) is 0 Å². The molecular weight excluding hydrogens is 269 g/mol. The minimum absolute atomic E-state index is 0.0534. The first-order valence-corrected chi connectivity index (χ1v) is 7.17. The van der Waals surface area contributed by atoms with Gasteiger partial charge in [0, 0.05) is 25.8 Å². The van der Waals surface area contributed by atoms with Crippen LogP contribution in [0.4, 0.5) is 10.1 Å². The molecular formula is C16H16FN3O. The molecule has 0 radical (unpaired) electrons. The first-order chi connectivity index (χ1) is 10.2. The van der Waals surface area contributed by atoms with E-state index in [9.17, 15) is 9.18 Å². The van der Waals surface area contributed by atoms with Crippen molar-refractivity contribution >= 4 is 16.6 Å². The Labute approximate surface area is 122 Å². The highest BCUT2D eigenvalue weighted by molar-refractivity contribution is 5.84. The summed E-state index contributed by atoms with van der Waals surface area (Å²) in [6, 6.07) is 4.90. The molecule has 1 aromatic carbocycles. The molecule has 2 heterocycles. The first kappa shape index (κ1) is 13.6. The molecule has 1 saturated heterocycles. The van der Waals surface area contributed by atoms with E-state index in [2.05, 4.69) is 0 Å². The average Bonchev–Trinajstić information content (AvgIpc) is 3.02. The van der Waals surface area contributed by atoms with Crippen molar-refractivity contribution in [3.63, 3.8) is 0 Å². The monoisotopic (exact) mass is 285 g/mol. The van der Waals surface area contributed by atoms with E-state index in [1.807, 2.05) is 22.5 Å². The van der Waals surface area contributed by atoms with Crippen molar-refractivity contribution in [3.05, 3.63) is 39.9 Å². The highest BCUT2D eigenvalue weighted by Crippen LogP contribution is 2.27. The maximum absolute atomic E-state index is 14.4. The summed E-state index contributed by atoms with van der Waals surface area (Å²) < 4.78 is 16.2. The lowest BCUT2D eigenvalue weighted by Gasteiger charge is -2.20. The summed E-state index contributed by atoms with van der Waals surface area (Å²) in [6.45, 7) is 4.24. The summed E-state index contributed by atoms with van der Waals surface area (Å²) in [7, 11) is 0. The molecule has 0 amide bonds. The predicted molar refractivity (Wildman–Crippen MR) is 80.0 cm³/mol. The third-order valence-electron chi connectivity index (χ3n) is 4.06. The van der Waals surface area contributed by atoms with Crippen LogP contribution in [0.15, 0.2) is 23.1 Å². The topological polar surface area (TPSA) is 49.0 Å². The Morgan fingerprint density at radius 3 is 2.67 bits per heavy atom. The van der Waals surface area contributed by atoms with Crippen molar-refractivity contribution < 1.29 is 4.39 Å². The fraction of sp³-hybridized carbons (Fsp3) is 0.375. The summed E-state index contributed by atoms with van der Waals surface area (Å²) in [6.07, 6.45) is 3.67. The van der Waals surface area contributed by atoms with Crippen LogP contribution in [-0.2, 0) is 6.54 Å². The second-order valence-corrected chi connectivity index (χ2v) is 5.28. The van der Waals surface area contributed by atoms with Gasteiger partial charge in [0.15, 0.2) is 0 Å². The second kappa shape index (κ2) is 5.21. The predicted octanol–water partition coefficient (Wildman–Crippen LogP) is 2.63. The Bertz CT molecular complexity index is 798. The largest absolute Gasteiger partial charge is 0.369 e. The van der Waals surface area contributed by atoms with Gasteiger partial charge in [0.1, 0.15) is 17.4 Å². The molecule has 3 rings (SSSR count). The normalized spacial score (nSPS) is 14.6. The quantitative estimate of drug-likeness (QED) is 0.852. The van der Waals surface area contributed by atoms with Gasteiger partial charge in [-0.3, -0.25) is 4.79 Å².